The van der Waals surface area contributed by atoms with E-state index in [1.165, 1.54) is 11.8 Å². The molecule has 0 saturated heterocycles. The van der Waals surface area contributed by atoms with Crippen LogP contribution in [0.25, 0.3) is 0 Å². The Morgan fingerprint density at radius 3 is 2.70 bits per heavy atom. The molecule has 6 nitrogen and oxygen atoms in total. The molecule has 0 aliphatic carbocycles. The fourth-order valence-electron chi connectivity index (χ4n) is 3.71. The summed E-state index contributed by atoms with van der Waals surface area (Å²) in [6.07, 6.45) is 0. The van der Waals surface area contributed by atoms with Gasteiger partial charge in [0.1, 0.15) is 12.3 Å². The fourth-order valence-corrected chi connectivity index (χ4v) is 4.64. The maximum atomic E-state index is 12.8. The number of anilines is 1. The van der Waals surface area contributed by atoms with E-state index in [1.807, 2.05) is 42.5 Å². The number of carbonyl (C=O) groups excluding carboxylic acids is 2. The molecule has 0 fully saturated rings. The molecule has 0 saturated carbocycles. The summed E-state index contributed by atoms with van der Waals surface area (Å²) in [5, 5.41) is 3.04. The van der Waals surface area contributed by atoms with E-state index < -0.39 is 0 Å². The highest BCUT2D eigenvalue weighted by Crippen LogP contribution is 2.34. The summed E-state index contributed by atoms with van der Waals surface area (Å²) >= 11 is 1.52. The number of hydrogen-bond donors (Lipinski definition) is 1. The molecule has 1 unspecified atom stereocenters. The molecule has 2 aromatic rings. The van der Waals surface area contributed by atoms with Crippen molar-refractivity contribution in [1.82, 2.24) is 10.2 Å². The third-order valence-electron chi connectivity index (χ3n) is 5.33. The van der Waals surface area contributed by atoms with E-state index in [1.54, 1.807) is 12.0 Å². The Morgan fingerprint density at radius 2 is 1.97 bits per heavy atom. The minimum Gasteiger partial charge on any atom is -0.497 e. The van der Waals surface area contributed by atoms with Crippen molar-refractivity contribution >= 4 is 29.3 Å². The number of likely N-dealkylation sites (N-methyl/N-ethyl adjacent to an activating group) is 1. The van der Waals surface area contributed by atoms with E-state index in [9.17, 15) is 9.59 Å². The molecule has 0 radical (unpaired) electrons. The summed E-state index contributed by atoms with van der Waals surface area (Å²) in [6.45, 7) is 6.44. The quantitative estimate of drug-likeness (QED) is 0.665. The van der Waals surface area contributed by atoms with Gasteiger partial charge in [-0.3, -0.25) is 14.5 Å². The Labute approximate surface area is 182 Å². The molecule has 1 aliphatic rings. The summed E-state index contributed by atoms with van der Waals surface area (Å²) in [5.74, 6) is 0.951. The third-order valence-corrected chi connectivity index (χ3v) is 6.38. The number of thioether (sulfide) groups is 1. The van der Waals surface area contributed by atoms with Gasteiger partial charge < -0.3 is 15.0 Å². The number of methoxy groups -OCH3 is 1. The Balaban J connectivity index is 1.71. The van der Waals surface area contributed by atoms with Gasteiger partial charge in [-0.05, 0) is 42.9 Å². The number of amides is 2. The van der Waals surface area contributed by atoms with Crippen LogP contribution in [-0.2, 0) is 9.59 Å². The van der Waals surface area contributed by atoms with Crippen LogP contribution in [0.3, 0.4) is 0 Å². The SMILES string of the molecule is CCN(CC)C(CNC(=O)CN1C(=O)CSc2ccccc21)c1cccc(OC)c1. The van der Waals surface area contributed by atoms with Crippen LogP contribution in [0.4, 0.5) is 5.69 Å². The van der Waals surface area contributed by atoms with Gasteiger partial charge in [-0.1, -0.05) is 38.1 Å². The van der Waals surface area contributed by atoms with E-state index in [4.69, 9.17) is 4.74 Å². The molecule has 2 aromatic carbocycles. The molecule has 1 heterocycles. The van der Waals surface area contributed by atoms with Crippen LogP contribution in [0, 0.1) is 0 Å². The van der Waals surface area contributed by atoms with E-state index >= 15 is 0 Å². The molecule has 7 heteroatoms. The average molecular weight is 428 g/mol. The Morgan fingerprint density at radius 1 is 1.20 bits per heavy atom. The zero-order valence-corrected chi connectivity index (χ0v) is 18.6. The van der Waals surface area contributed by atoms with Gasteiger partial charge >= 0.3 is 0 Å². The number of ether oxygens (including phenoxy) is 1. The number of nitrogens with zero attached hydrogens (tertiary/aromatic N) is 2. The van der Waals surface area contributed by atoms with Gasteiger partial charge in [0.15, 0.2) is 0 Å². The van der Waals surface area contributed by atoms with Gasteiger partial charge in [0.2, 0.25) is 11.8 Å². The lowest BCUT2D eigenvalue weighted by molar-refractivity contribution is -0.123. The van der Waals surface area contributed by atoms with Crippen molar-refractivity contribution in [2.24, 2.45) is 0 Å². The summed E-state index contributed by atoms with van der Waals surface area (Å²) in [5.41, 5.74) is 1.90. The first-order chi connectivity index (χ1) is 14.6. The predicted octanol–water partition coefficient (Wildman–Crippen LogP) is 3.33. The largest absolute Gasteiger partial charge is 0.497 e. The normalized spacial score (nSPS) is 14.4. The molecule has 1 N–H and O–H groups in total. The number of rotatable bonds is 9. The van der Waals surface area contributed by atoms with Gasteiger partial charge in [0, 0.05) is 11.4 Å². The molecular formula is C23H29N3O3S. The van der Waals surface area contributed by atoms with Gasteiger partial charge in [-0.25, -0.2) is 0 Å². The molecule has 160 valence electrons. The van der Waals surface area contributed by atoms with E-state index in [0.717, 1.165) is 35.0 Å². The molecular weight excluding hydrogens is 398 g/mol. The summed E-state index contributed by atoms with van der Waals surface area (Å²) in [4.78, 5) is 30.1. The molecule has 0 bridgehead atoms. The van der Waals surface area contributed by atoms with Gasteiger partial charge in [0.05, 0.1) is 24.6 Å². The lowest BCUT2D eigenvalue weighted by atomic mass is 10.0. The van der Waals surface area contributed by atoms with Crippen LogP contribution in [0.1, 0.15) is 25.5 Å². The lowest BCUT2D eigenvalue weighted by Gasteiger charge is -2.31. The molecule has 0 spiro atoms. The first-order valence-corrected chi connectivity index (χ1v) is 11.2. The number of benzene rings is 2. The maximum Gasteiger partial charge on any atom is 0.240 e. The van der Waals surface area contributed by atoms with Crippen molar-refractivity contribution in [2.75, 3.05) is 43.9 Å². The van der Waals surface area contributed by atoms with Crippen LogP contribution in [-0.4, -0.2) is 55.8 Å². The zero-order chi connectivity index (χ0) is 21.5. The fraction of sp³-hybridized carbons (Fsp3) is 0.391. The van der Waals surface area contributed by atoms with E-state index in [2.05, 4.69) is 30.1 Å². The van der Waals surface area contributed by atoms with Crippen LogP contribution in [0.2, 0.25) is 0 Å². The van der Waals surface area contributed by atoms with Gasteiger partial charge in [-0.2, -0.15) is 0 Å². The molecule has 1 aliphatic heterocycles. The average Bonchev–Trinajstić information content (AvgIpc) is 2.78. The Hall–Kier alpha value is -2.51. The number of fused-ring (bicyclic) bond motifs is 1. The van der Waals surface area contributed by atoms with Crippen molar-refractivity contribution in [2.45, 2.75) is 24.8 Å². The molecule has 0 aromatic heterocycles. The summed E-state index contributed by atoms with van der Waals surface area (Å²) in [7, 11) is 1.65. The molecule has 30 heavy (non-hydrogen) atoms. The van der Waals surface area contributed by atoms with Crippen LogP contribution >= 0.6 is 11.8 Å². The topological polar surface area (TPSA) is 61.9 Å². The maximum absolute atomic E-state index is 12.8. The van der Waals surface area contributed by atoms with Crippen molar-refractivity contribution in [1.29, 1.82) is 0 Å². The highest BCUT2D eigenvalue weighted by Gasteiger charge is 2.27. The van der Waals surface area contributed by atoms with Crippen LogP contribution in [0.15, 0.2) is 53.4 Å². The minimum absolute atomic E-state index is 0.0268. The number of carbonyl (C=O) groups is 2. The first kappa shape index (κ1) is 22.2. The first-order valence-electron chi connectivity index (χ1n) is 10.2. The summed E-state index contributed by atoms with van der Waals surface area (Å²) < 4.78 is 5.37. The van der Waals surface area contributed by atoms with Crippen molar-refractivity contribution < 1.29 is 14.3 Å². The third kappa shape index (κ3) is 5.15. The van der Waals surface area contributed by atoms with Crippen molar-refractivity contribution in [3.05, 3.63) is 54.1 Å². The van der Waals surface area contributed by atoms with Crippen molar-refractivity contribution in [3.63, 3.8) is 0 Å². The van der Waals surface area contributed by atoms with E-state index in [0.29, 0.717) is 12.3 Å². The lowest BCUT2D eigenvalue weighted by Crippen LogP contribution is -2.45. The number of nitrogens with one attached hydrogen (secondary N) is 1. The summed E-state index contributed by atoms with van der Waals surface area (Å²) in [6, 6.07) is 15.7. The Bertz CT molecular complexity index is 886. The second-order valence-corrected chi connectivity index (χ2v) is 8.07. The molecule has 1 atom stereocenters. The highest BCUT2D eigenvalue weighted by atomic mass is 32.2. The predicted molar refractivity (Wildman–Crippen MR) is 121 cm³/mol. The minimum atomic E-state index is -0.162. The zero-order valence-electron chi connectivity index (χ0n) is 17.8. The highest BCUT2D eigenvalue weighted by molar-refractivity contribution is 8.00. The Kier molecular flexibility index (Phi) is 7.76. The number of hydrogen-bond acceptors (Lipinski definition) is 5. The van der Waals surface area contributed by atoms with Crippen LogP contribution in [0.5, 0.6) is 5.75 Å². The molecule has 3 rings (SSSR count). The number of para-hydroxylation sites is 1. The molecule has 2 amide bonds. The van der Waals surface area contributed by atoms with Gasteiger partial charge in [0.25, 0.3) is 0 Å². The second kappa shape index (κ2) is 10.5. The van der Waals surface area contributed by atoms with Crippen molar-refractivity contribution in [3.8, 4) is 5.75 Å². The standard InChI is InChI=1S/C23H29N3O3S/c1-4-25(5-2)20(17-9-8-10-18(13-17)29-3)14-24-22(27)15-26-19-11-6-7-12-21(19)30-16-23(26)28/h6-13,20H,4-5,14-16H2,1-3H3,(H,24,27). The second-order valence-electron chi connectivity index (χ2n) is 7.05. The van der Waals surface area contributed by atoms with Crippen LogP contribution < -0.4 is 15.0 Å². The monoisotopic (exact) mass is 427 g/mol. The van der Waals surface area contributed by atoms with E-state index in [-0.39, 0.29) is 24.4 Å². The van der Waals surface area contributed by atoms with Gasteiger partial charge in [-0.15, -0.1) is 11.8 Å². The smallest absolute Gasteiger partial charge is 0.240 e.